The number of nitrogens with zero attached hydrogens (tertiary/aromatic N) is 2. The van der Waals surface area contributed by atoms with Crippen LogP contribution in [0.2, 0.25) is 4.34 Å². The summed E-state index contributed by atoms with van der Waals surface area (Å²) in [6, 6.07) is 10.7. The van der Waals surface area contributed by atoms with Gasteiger partial charge < -0.3 is 5.73 Å². The van der Waals surface area contributed by atoms with E-state index in [-0.39, 0.29) is 0 Å². The quantitative estimate of drug-likeness (QED) is 0.944. The van der Waals surface area contributed by atoms with Crippen LogP contribution in [0, 0.1) is 5.92 Å². The van der Waals surface area contributed by atoms with Crippen molar-refractivity contribution in [3.8, 4) is 0 Å². The van der Waals surface area contributed by atoms with Crippen LogP contribution in [0.15, 0.2) is 36.5 Å². The Morgan fingerprint density at radius 2 is 2.10 bits per heavy atom. The molecule has 2 heterocycles. The number of halogens is 1. The van der Waals surface area contributed by atoms with Crippen molar-refractivity contribution in [1.29, 1.82) is 0 Å². The molecular weight excluding hydrogens is 290 g/mol. The van der Waals surface area contributed by atoms with E-state index >= 15 is 0 Å². The fourth-order valence-electron chi connectivity index (χ4n) is 2.96. The molecule has 1 aromatic carbocycles. The van der Waals surface area contributed by atoms with Crippen LogP contribution < -0.4 is 5.73 Å². The summed E-state index contributed by atoms with van der Waals surface area (Å²) in [5.41, 5.74) is 7.35. The molecule has 0 amide bonds. The SMILES string of the molecule is NC[C@@H]1CN(Cc2ncc(Cl)s2)C[C@H]1c1ccccc1. The van der Waals surface area contributed by atoms with E-state index in [1.54, 1.807) is 17.5 Å². The van der Waals surface area contributed by atoms with Gasteiger partial charge in [-0.1, -0.05) is 41.9 Å². The van der Waals surface area contributed by atoms with Crippen LogP contribution in [-0.4, -0.2) is 29.5 Å². The number of likely N-dealkylation sites (tertiary alicyclic amines) is 1. The van der Waals surface area contributed by atoms with Gasteiger partial charge in [0.2, 0.25) is 0 Å². The number of thiazole rings is 1. The van der Waals surface area contributed by atoms with E-state index < -0.39 is 0 Å². The fourth-order valence-corrected chi connectivity index (χ4v) is 3.96. The molecule has 0 saturated carbocycles. The molecule has 1 aliphatic rings. The Bertz CT molecular complexity index is 557. The van der Waals surface area contributed by atoms with Gasteiger partial charge in [0.25, 0.3) is 0 Å². The molecule has 106 valence electrons. The zero-order valence-corrected chi connectivity index (χ0v) is 12.8. The second-order valence-electron chi connectivity index (χ2n) is 5.27. The van der Waals surface area contributed by atoms with Gasteiger partial charge in [-0.2, -0.15) is 0 Å². The number of aromatic nitrogens is 1. The van der Waals surface area contributed by atoms with Gasteiger partial charge in [-0.25, -0.2) is 4.98 Å². The van der Waals surface area contributed by atoms with Gasteiger partial charge in [-0.05, 0) is 18.0 Å². The standard InChI is InChI=1S/C15H18ClN3S/c16-14-7-18-15(20-14)10-19-8-12(6-17)13(9-19)11-4-2-1-3-5-11/h1-5,7,12-13H,6,8-10,17H2/t12-,13+/m1/s1. The summed E-state index contributed by atoms with van der Waals surface area (Å²) < 4.78 is 0.759. The van der Waals surface area contributed by atoms with Gasteiger partial charge in [-0.3, -0.25) is 4.90 Å². The first kappa shape index (κ1) is 14.0. The number of hydrogen-bond acceptors (Lipinski definition) is 4. The van der Waals surface area contributed by atoms with E-state index in [1.165, 1.54) is 5.56 Å². The summed E-state index contributed by atoms with van der Waals surface area (Å²) in [6.07, 6.45) is 1.73. The monoisotopic (exact) mass is 307 g/mol. The highest BCUT2D eigenvalue weighted by atomic mass is 35.5. The summed E-state index contributed by atoms with van der Waals surface area (Å²) in [5.74, 6) is 1.05. The van der Waals surface area contributed by atoms with Crippen molar-refractivity contribution >= 4 is 22.9 Å². The topological polar surface area (TPSA) is 42.1 Å². The minimum atomic E-state index is 0.521. The fraction of sp³-hybridized carbons (Fsp3) is 0.400. The predicted octanol–water partition coefficient (Wildman–Crippen LogP) is 2.97. The van der Waals surface area contributed by atoms with Crippen molar-refractivity contribution < 1.29 is 0 Å². The Hall–Kier alpha value is -0.940. The van der Waals surface area contributed by atoms with Crippen molar-refractivity contribution in [2.24, 2.45) is 11.7 Å². The first-order chi connectivity index (χ1) is 9.76. The highest BCUT2D eigenvalue weighted by molar-refractivity contribution is 7.15. The third-order valence-corrected chi connectivity index (χ3v) is 5.03. The van der Waals surface area contributed by atoms with Gasteiger partial charge in [-0.15, -0.1) is 11.3 Å². The zero-order chi connectivity index (χ0) is 13.9. The van der Waals surface area contributed by atoms with E-state index in [4.69, 9.17) is 17.3 Å². The van der Waals surface area contributed by atoms with Crippen molar-refractivity contribution in [3.05, 3.63) is 51.4 Å². The molecule has 0 radical (unpaired) electrons. The summed E-state index contributed by atoms with van der Waals surface area (Å²) in [6.45, 7) is 3.68. The largest absolute Gasteiger partial charge is 0.330 e. The number of benzene rings is 1. The average Bonchev–Trinajstić information content (AvgIpc) is 3.06. The zero-order valence-electron chi connectivity index (χ0n) is 11.2. The summed E-state index contributed by atoms with van der Waals surface area (Å²) >= 11 is 7.51. The van der Waals surface area contributed by atoms with Crippen LogP contribution in [0.3, 0.4) is 0 Å². The average molecular weight is 308 g/mol. The summed E-state index contributed by atoms with van der Waals surface area (Å²) in [5, 5.41) is 1.08. The molecule has 0 unspecified atom stereocenters. The lowest BCUT2D eigenvalue weighted by Gasteiger charge is -2.16. The molecule has 3 rings (SSSR count). The molecular formula is C15H18ClN3S. The minimum Gasteiger partial charge on any atom is -0.330 e. The normalized spacial score (nSPS) is 23.3. The maximum Gasteiger partial charge on any atom is 0.113 e. The maximum absolute atomic E-state index is 5.96. The lowest BCUT2D eigenvalue weighted by Crippen LogP contribution is -2.23. The second-order valence-corrected chi connectivity index (χ2v) is 7.01. The van der Waals surface area contributed by atoms with Crippen molar-refractivity contribution in [1.82, 2.24) is 9.88 Å². The number of nitrogens with two attached hydrogens (primary N) is 1. The molecule has 0 aliphatic carbocycles. The van der Waals surface area contributed by atoms with Crippen LogP contribution in [0.5, 0.6) is 0 Å². The first-order valence-corrected chi connectivity index (χ1v) is 8.03. The van der Waals surface area contributed by atoms with Gasteiger partial charge in [0.05, 0.1) is 12.7 Å². The molecule has 1 fully saturated rings. The number of rotatable bonds is 4. The maximum atomic E-state index is 5.96. The van der Waals surface area contributed by atoms with Crippen LogP contribution in [0.25, 0.3) is 0 Å². The van der Waals surface area contributed by atoms with E-state index in [0.29, 0.717) is 11.8 Å². The molecule has 2 aromatic rings. The minimum absolute atomic E-state index is 0.521. The number of hydrogen-bond donors (Lipinski definition) is 1. The Balaban J connectivity index is 1.71. The molecule has 1 aromatic heterocycles. The van der Waals surface area contributed by atoms with Gasteiger partial charge in [0.1, 0.15) is 9.34 Å². The van der Waals surface area contributed by atoms with Crippen LogP contribution in [-0.2, 0) is 6.54 Å². The first-order valence-electron chi connectivity index (χ1n) is 6.84. The van der Waals surface area contributed by atoms with Crippen LogP contribution in [0.1, 0.15) is 16.5 Å². The van der Waals surface area contributed by atoms with E-state index in [2.05, 4.69) is 40.2 Å². The molecule has 2 N–H and O–H groups in total. The van der Waals surface area contributed by atoms with Crippen molar-refractivity contribution in [3.63, 3.8) is 0 Å². The Kier molecular flexibility index (Phi) is 4.36. The van der Waals surface area contributed by atoms with Crippen molar-refractivity contribution in [2.45, 2.75) is 12.5 Å². The molecule has 1 aliphatic heterocycles. The molecule has 20 heavy (non-hydrogen) atoms. The van der Waals surface area contributed by atoms with E-state index in [0.717, 1.165) is 35.5 Å². The molecule has 0 spiro atoms. The van der Waals surface area contributed by atoms with Crippen molar-refractivity contribution in [2.75, 3.05) is 19.6 Å². The Morgan fingerprint density at radius 1 is 1.30 bits per heavy atom. The van der Waals surface area contributed by atoms with Crippen LogP contribution in [0.4, 0.5) is 0 Å². The molecule has 1 saturated heterocycles. The van der Waals surface area contributed by atoms with Gasteiger partial charge in [0.15, 0.2) is 0 Å². The smallest absolute Gasteiger partial charge is 0.113 e. The lowest BCUT2D eigenvalue weighted by molar-refractivity contribution is 0.316. The van der Waals surface area contributed by atoms with E-state index in [9.17, 15) is 0 Å². The third kappa shape index (κ3) is 3.04. The highest BCUT2D eigenvalue weighted by Gasteiger charge is 2.32. The molecule has 0 bridgehead atoms. The third-order valence-electron chi connectivity index (χ3n) is 3.93. The van der Waals surface area contributed by atoms with E-state index in [1.807, 2.05) is 0 Å². The molecule has 3 nitrogen and oxygen atoms in total. The summed E-state index contributed by atoms with van der Waals surface area (Å²) in [7, 11) is 0. The Morgan fingerprint density at radius 3 is 2.75 bits per heavy atom. The Labute approximate surface area is 128 Å². The highest BCUT2D eigenvalue weighted by Crippen LogP contribution is 2.33. The molecule has 2 atom stereocenters. The summed E-state index contributed by atoms with van der Waals surface area (Å²) in [4.78, 5) is 6.78. The van der Waals surface area contributed by atoms with Gasteiger partial charge in [0, 0.05) is 19.0 Å². The predicted molar refractivity (Wildman–Crippen MR) is 84.1 cm³/mol. The van der Waals surface area contributed by atoms with Crippen LogP contribution >= 0.6 is 22.9 Å². The van der Waals surface area contributed by atoms with Gasteiger partial charge >= 0.3 is 0 Å². The second kappa shape index (κ2) is 6.22. The lowest BCUT2D eigenvalue weighted by atomic mass is 9.89. The molecule has 5 heteroatoms.